The van der Waals surface area contributed by atoms with Gasteiger partial charge in [0.1, 0.15) is 17.0 Å². The summed E-state index contributed by atoms with van der Waals surface area (Å²) in [6.07, 6.45) is 3.37. The van der Waals surface area contributed by atoms with Crippen LogP contribution in [0.5, 0.6) is 11.5 Å². The van der Waals surface area contributed by atoms with E-state index < -0.39 is 17.4 Å². The fraction of sp³-hybridized carbons (Fsp3) is 0.343. The topological polar surface area (TPSA) is 166 Å². The summed E-state index contributed by atoms with van der Waals surface area (Å²) in [5, 5.41) is 7.07. The van der Waals surface area contributed by atoms with Gasteiger partial charge in [-0.3, -0.25) is 14.4 Å². The molecular weight excluding hydrogens is 600 g/mol. The summed E-state index contributed by atoms with van der Waals surface area (Å²) in [5.74, 6) is 0.666. The number of nitrogen functional groups attached to an aromatic ring is 1. The lowest BCUT2D eigenvalue weighted by Gasteiger charge is -2.37. The van der Waals surface area contributed by atoms with Gasteiger partial charge in [-0.2, -0.15) is 0 Å². The van der Waals surface area contributed by atoms with E-state index in [-0.39, 0.29) is 23.9 Å². The minimum Gasteiger partial charge on any atom is -0.457 e. The van der Waals surface area contributed by atoms with Crippen LogP contribution in [0.3, 0.4) is 0 Å². The number of carbonyl (C=O) groups excluding carboxylic acids is 3. The smallest absolute Gasteiger partial charge is 0.262 e. The Labute approximate surface area is 271 Å². The zero-order chi connectivity index (χ0) is 32.2. The first-order valence-corrected chi connectivity index (χ1v) is 16.6. The molecule has 7 rings (SSSR count). The number of thiophene rings is 1. The maximum Gasteiger partial charge on any atom is 0.262 e. The molecule has 46 heavy (non-hydrogen) atoms. The van der Waals surface area contributed by atoms with Crippen LogP contribution < -0.4 is 32.6 Å². The van der Waals surface area contributed by atoms with E-state index in [2.05, 4.69) is 10.6 Å². The molecule has 1 aliphatic carbocycles. The molecule has 2 fully saturated rings. The van der Waals surface area contributed by atoms with Crippen LogP contribution in [0.1, 0.15) is 63.7 Å². The Balaban J connectivity index is 1.21. The number of carbonyl (C=O) groups is 3. The van der Waals surface area contributed by atoms with Crippen molar-refractivity contribution in [3.63, 3.8) is 0 Å². The number of ketones is 1. The lowest BCUT2D eigenvalue weighted by atomic mass is 9.69. The molecule has 0 saturated carbocycles. The lowest BCUT2D eigenvalue weighted by Crippen LogP contribution is -2.54. The maximum absolute atomic E-state index is 14.3. The summed E-state index contributed by atoms with van der Waals surface area (Å²) < 4.78 is 6.69. The molecule has 2 aliphatic heterocycles. The lowest BCUT2D eigenvalue weighted by molar-refractivity contribution is -0.134. The molecule has 2 saturated heterocycles. The first-order valence-electron chi connectivity index (χ1n) is 15.8. The van der Waals surface area contributed by atoms with Crippen molar-refractivity contribution in [2.75, 3.05) is 25.4 Å². The van der Waals surface area contributed by atoms with E-state index in [4.69, 9.17) is 21.9 Å². The summed E-state index contributed by atoms with van der Waals surface area (Å²) in [7, 11) is 0. The molecule has 0 bridgehead atoms. The van der Waals surface area contributed by atoms with Crippen molar-refractivity contribution in [3.05, 3.63) is 87.8 Å². The molecule has 1 aromatic heterocycles. The second-order valence-corrected chi connectivity index (χ2v) is 13.6. The van der Waals surface area contributed by atoms with E-state index in [1.165, 1.54) is 11.3 Å². The number of nitrogens with zero attached hydrogens (tertiary/aromatic N) is 1. The number of aryl methyl sites for hydroxylation is 1. The van der Waals surface area contributed by atoms with Crippen molar-refractivity contribution in [2.45, 2.75) is 56.3 Å². The largest absolute Gasteiger partial charge is 0.457 e. The van der Waals surface area contributed by atoms with Crippen LogP contribution in [0.25, 0.3) is 10.1 Å². The van der Waals surface area contributed by atoms with Crippen molar-refractivity contribution >= 4 is 44.7 Å². The van der Waals surface area contributed by atoms with E-state index in [1.54, 1.807) is 18.2 Å². The van der Waals surface area contributed by atoms with E-state index in [0.717, 1.165) is 37.8 Å². The molecule has 11 heteroatoms. The van der Waals surface area contributed by atoms with Crippen LogP contribution >= 0.6 is 11.3 Å². The van der Waals surface area contributed by atoms with Crippen LogP contribution in [0, 0.1) is 6.92 Å². The van der Waals surface area contributed by atoms with E-state index in [0.29, 0.717) is 61.9 Å². The minimum absolute atomic E-state index is 0.0904. The molecule has 2 amide bonds. The van der Waals surface area contributed by atoms with Gasteiger partial charge in [0.05, 0.1) is 21.7 Å². The molecule has 8 N–H and O–H groups in total. The number of hydrogen-bond acceptors (Lipinski definition) is 9. The Bertz CT molecular complexity index is 1850. The molecule has 0 radical (unpaired) electrons. The van der Waals surface area contributed by atoms with Crippen LogP contribution in [0.2, 0.25) is 0 Å². The van der Waals surface area contributed by atoms with Crippen molar-refractivity contribution in [3.8, 4) is 11.5 Å². The second kappa shape index (κ2) is 11.8. The number of hydrogen-bond donors (Lipinski definition) is 5. The van der Waals surface area contributed by atoms with Crippen LogP contribution in [-0.4, -0.2) is 54.2 Å². The highest BCUT2D eigenvalue weighted by atomic mass is 32.1. The molecule has 0 spiro atoms. The molecule has 10 nitrogen and oxygen atoms in total. The molecule has 238 valence electrons. The van der Waals surface area contributed by atoms with Crippen molar-refractivity contribution < 1.29 is 19.1 Å². The average Bonchev–Trinajstić information content (AvgIpc) is 3.74. The Hall–Kier alpha value is -4.29. The number of benzene rings is 3. The number of anilines is 1. The number of Topliss-reactive ketones (excluding diaryl/α,β-unsaturated/α-hetero) is 1. The fourth-order valence-electron chi connectivity index (χ4n) is 7.26. The third kappa shape index (κ3) is 5.04. The number of nitrogens with two attached hydrogens (primary N) is 3. The van der Waals surface area contributed by atoms with Gasteiger partial charge in [-0.25, -0.2) is 0 Å². The van der Waals surface area contributed by atoms with Gasteiger partial charge in [0.2, 0.25) is 5.91 Å². The number of para-hydroxylation sites is 1. The van der Waals surface area contributed by atoms with Crippen molar-refractivity contribution in [1.29, 1.82) is 0 Å². The molecular formula is C35H38N6O4S. The molecule has 3 heterocycles. The summed E-state index contributed by atoms with van der Waals surface area (Å²) >= 11 is 1.23. The molecule has 4 aromatic rings. The number of ether oxygens (including phenoxy) is 1. The number of amides is 2. The molecule has 3 aromatic carbocycles. The summed E-state index contributed by atoms with van der Waals surface area (Å²) in [4.78, 5) is 43.4. The van der Waals surface area contributed by atoms with Gasteiger partial charge < -0.3 is 37.5 Å². The van der Waals surface area contributed by atoms with Gasteiger partial charge >= 0.3 is 0 Å². The maximum atomic E-state index is 14.3. The zero-order valence-corrected chi connectivity index (χ0v) is 26.5. The van der Waals surface area contributed by atoms with Crippen molar-refractivity contribution in [1.82, 2.24) is 15.5 Å². The number of piperidine rings is 1. The summed E-state index contributed by atoms with van der Waals surface area (Å²) in [5.41, 5.74) is 21.6. The first kappa shape index (κ1) is 30.4. The van der Waals surface area contributed by atoms with Gasteiger partial charge in [-0.1, -0.05) is 30.3 Å². The zero-order valence-electron chi connectivity index (χ0n) is 25.7. The standard InChI is InChI=1S/C35H38N6O4S/c1-19-17-22(45-21-8-3-2-4-9-21)11-12-23(19)35(38)24-13-14-25(36)30-27(24)28(29(37)32(35)42)31(46-30)33(43)40-20-7-6-16-41(18-20)34(44)26-10-5-15-39-26/h2-4,8-9,11-14,17,20,26,29,39H,5-7,10,15-16,18,36-38H2,1H3,(H,40,43)/t20-,26-,29?,35?/m1/s1. The summed E-state index contributed by atoms with van der Waals surface area (Å²) in [6.45, 7) is 3.85. The number of likely N-dealkylation sites (tertiary alicyclic amines) is 1. The van der Waals surface area contributed by atoms with Crippen molar-refractivity contribution in [2.24, 2.45) is 11.5 Å². The second-order valence-electron chi connectivity index (χ2n) is 12.5. The van der Waals surface area contributed by atoms with Gasteiger partial charge in [-0.05, 0) is 86.2 Å². The predicted octanol–water partition coefficient (Wildman–Crippen LogP) is 3.84. The van der Waals surface area contributed by atoms with E-state index in [9.17, 15) is 14.4 Å². The van der Waals surface area contributed by atoms with E-state index >= 15 is 0 Å². The number of nitrogens with one attached hydrogen (secondary N) is 2. The third-order valence-electron chi connectivity index (χ3n) is 9.55. The third-order valence-corrected chi connectivity index (χ3v) is 10.8. The predicted molar refractivity (Wildman–Crippen MR) is 179 cm³/mol. The molecule has 4 atom stereocenters. The molecule has 3 aliphatic rings. The fourth-order valence-corrected chi connectivity index (χ4v) is 8.46. The first-order chi connectivity index (χ1) is 22.2. The highest BCUT2D eigenvalue weighted by molar-refractivity contribution is 7.21. The Morgan fingerprint density at radius 1 is 1.04 bits per heavy atom. The Morgan fingerprint density at radius 3 is 2.57 bits per heavy atom. The molecule has 2 unspecified atom stereocenters. The van der Waals surface area contributed by atoms with Gasteiger partial charge in [0, 0.05) is 35.8 Å². The van der Waals surface area contributed by atoms with Crippen LogP contribution in [0.4, 0.5) is 5.69 Å². The minimum atomic E-state index is -1.57. The monoisotopic (exact) mass is 638 g/mol. The van der Waals surface area contributed by atoms with Gasteiger partial charge in [-0.15, -0.1) is 11.3 Å². The number of rotatable bonds is 6. The van der Waals surface area contributed by atoms with E-state index in [1.807, 2.05) is 54.3 Å². The van der Waals surface area contributed by atoms with Gasteiger partial charge in [0.15, 0.2) is 5.78 Å². The Morgan fingerprint density at radius 2 is 1.83 bits per heavy atom. The van der Waals surface area contributed by atoms with Crippen LogP contribution in [-0.2, 0) is 15.1 Å². The normalized spacial score (nSPS) is 24.3. The summed E-state index contributed by atoms with van der Waals surface area (Å²) in [6, 6.07) is 16.9. The SMILES string of the molecule is Cc1cc(Oc2ccccc2)ccc1C1(N)C(=O)C(N)c2c(C(=O)N[C@@H]3CCCN(C(=O)[C@H]4CCCN4)C3)sc3c(N)ccc1c23. The quantitative estimate of drug-likeness (QED) is 0.199. The van der Waals surface area contributed by atoms with Crippen LogP contribution in [0.15, 0.2) is 60.7 Å². The highest BCUT2D eigenvalue weighted by Crippen LogP contribution is 2.50. The van der Waals surface area contributed by atoms with Gasteiger partial charge in [0.25, 0.3) is 5.91 Å². The Kier molecular flexibility index (Phi) is 7.80. The average molecular weight is 639 g/mol. The highest BCUT2D eigenvalue weighted by Gasteiger charge is 2.49.